The lowest BCUT2D eigenvalue weighted by molar-refractivity contribution is -0.137. The number of carboxylic acid groups (broad SMARTS) is 1. The Morgan fingerprint density at radius 1 is 1.17 bits per heavy atom. The highest BCUT2D eigenvalue weighted by Crippen LogP contribution is 2.14. The van der Waals surface area contributed by atoms with E-state index in [0.29, 0.717) is 6.42 Å². The second-order valence-corrected chi connectivity index (χ2v) is 10.1. The predicted octanol–water partition coefficient (Wildman–Crippen LogP) is 2.97. The van der Waals surface area contributed by atoms with Crippen LogP contribution < -0.4 is 0 Å². The normalized spacial score (nSPS) is 11.6. The van der Waals surface area contributed by atoms with Crippen LogP contribution in [0.4, 0.5) is 0 Å². The molecule has 0 saturated heterocycles. The summed E-state index contributed by atoms with van der Waals surface area (Å²) in [6.07, 6.45) is 3.48. The molecule has 0 bridgehead atoms. The van der Waals surface area contributed by atoms with E-state index < -0.39 is 14.0 Å². The quantitative estimate of drug-likeness (QED) is 0.514. The number of aliphatic carboxylic acids is 1. The Morgan fingerprint density at radius 3 is 2.17 bits per heavy atom. The number of hydrogen-bond donors (Lipinski definition) is 1. The van der Waals surface area contributed by atoms with Gasteiger partial charge < -0.3 is 5.11 Å². The van der Waals surface area contributed by atoms with Crippen LogP contribution in [0.25, 0.3) is 0 Å². The van der Waals surface area contributed by atoms with Crippen molar-refractivity contribution in [1.82, 2.24) is 0 Å². The van der Waals surface area contributed by atoms with Crippen LogP contribution in [0.5, 0.6) is 0 Å². The molecule has 0 aromatic carbocycles. The molecule has 0 rings (SSSR count). The molecule has 0 aliphatic carbocycles. The lowest BCUT2D eigenvalue weighted by atomic mass is 10.2. The molecule has 0 fully saturated rings. The second-order valence-electron chi connectivity index (χ2n) is 4.52. The number of rotatable bonds is 6. The Labute approximate surface area is 76.0 Å². The van der Waals surface area contributed by atoms with E-state index in [1.165, 1.54) is 12.5 Å². The summed E-state index contributed by atoms with van der Waals surface area (Å²) in [6.45, 7) is 7.05. The van der Waals surface area contributed by atoms with Crippen molar-refractivity contribution >= 4 is 14.0 Å². The molecule has 72 valence electrons. The summed E-state index contributed by atoms with van der Waals surface area (Å²) < 4.78 is 0. The molecule has 2 nitrogen and oxygen atoms in total. The number of unbranched alkanes of at least 4 members (excludes halogenated alkanes) is 2. The molecular weight excluding hydrogens is 168 g/mol. The molecule has 0 atom stereocenters. The molecule has 12 heavy (non-hydrogen) atoms. The summed E-state index contributed by atoms with van der Waals surface area (Å²) in [4.78, 5) is 10.2. The SMILES string of the molecule is C[Si](C)(C)CCCCCC(=O)O. The lowest BCUT2D eigenvalue weighted by Crippen LogP contribution is -2.18. The zero-order valence-electron chi connectivity index (χ0n) is 8.39. The van der Waals surface area contributed by atoms with Gasteiger partial charge in [0.2, 0.25) is 0 Å². The average molecular weight is 188 g/mol. The van der Waals surface area contributed by atoms with E-state index in [1.54, 1.807) is 0 Å². The molecule has 0 spiro atoms. The zero-order valence-corrected chi connectivity index (χ0v) is 9.39. The maximum Gasteiger partial charge on any atom is 0.303 e. The van der Waals surface area contributed by atoms with Crippen molar-refractivity contribution in [2.45, 2.75) is 51.4 Å². The van der Waals surface area contributed by atoms with Gasteiger partial charge in [0.1, 0.15) is 0 Å². The topological polar surface area (TPSA) is 37.3 Å². The van der Waals surface area contributed by atoms with Crippen molar-refractivity contribution < 1.29 is 9.90 Å². The van der Waals surface area contributed by atoms with E-state index >= 15 is 0 Å². The average Bonchev–Trinajstić information content (AvgIpc) is 1.83. The van der Waals surface area contributed by atoms with Crippen molar-refractivity contribution in [3.8, 4) is 0 Å². The van der Waals surface area contributed by atoms with Crippen molar-refractivity contribution in [3.05, 3.63) is 0 Å². The third kappa shape index (κ3) is 9.69. The maximum absolute atomic E-state index is 10.2. The van der Waals surface area contributed by atoms with Crippen LogP contribution in [0, 0.1) is 0 Å². The zero-order chi connectivity index (χ0) is 9.61. The van der Waals surface area contributed by atoms with E-state index in [9.17, 15) is 4.79 Å². The Bertz CT molecular complexity index is 138. The molecule has 0 aliphatic heterocycles. The van der Waals surface area contributed by atoms with E-state index in [0.717, 1.165) is 12.8 Å². The van der Waals surface area contributed by atoms with Gasteiger partial charge in [0.05, 0.1) is 0 Å². The summed E-state index contributed by atoms with van der Waals surface area (Å²) in [5.41, 5.74) is 0. The highest BCUT2D eigenvalue weighted by Gasteiger charge is 2.11. The molecule has 0 aromatic rings. The molecule has 0 heterocycles. The summed E-state index contributed by atoms with van der Waals surface area (Å²) in [5, 5.41) is 8.38. The van der Waals surface area contributed by atoms with Gasteiger partial charge in [0, 0.05) is 14.5 Å². The van der Waals surface area contributed by atoms with Gasteiger partial charge in [0.25, 0.3) is 0 Å². The highest BCUT2D eigenvalue weighted by molar-refractivity contribution is 6.76. The van der Waals surface area contributed by atoms with Gasteiger partial charge in [0.15, 0.2) is 0 Å². The standard InChI is InChI=1S/C9H20O2Si/c1-12(2,3)8-6-4-5-7-9(10)11/h4-8H2,1-3H3,(H,10,11). The van der Waals surface area contributed by atoms with Crippen molar-refractivity contribution in [1.29, 1.82) is 0 Å². The van der Waals surface area contributed by atoms with Gasteiger partial charge in [-0.3, -0.25) is 4.79 Å². The first-order chi connectivity index (χ1) is 5.42. The van der Waals surface area contributed by atoms with Gasteiger partial charge >= 0.3 is 5.97 Å². The maximum atomic E-state index is 10.2. The molecule has 0 unspecified atom stereocenters. The number of carboxylic acids is 1. The van der Waals surface area contributed by atoms with Crippen LogP contribution in [0.15, 0.2) is 0 Å². The minimum atomic E-state index is -0.882. The number of hydrogen-bond acceptors (Lipinski definition) is 1. The minimum absolute atomic E-state index is 0.339. The Morgan fingerprint density at radius 2 is 1.75 bits per heavy atom. The van der Waals surface area contributed by atoms with Crippen LogP contribution >= 0.6 is 0 Å². The smallest absolute Gasteiger partial charge is 0.303 e. The van der Waals surface area contributed by atoms with Gasteiger partial charge in [-0.2, -0.15) is 0 Å². The van der Waals surface area contributed by atoms with Gasteiger partial charge in [-0.05, 0) is 6.42 Å². The van der Waals surface area contributed by atoms with E-state index in [-0.39, 0.29) is 0 Å². The Balaban J connectivity index is 3.17. The number of carbonyl (C=O) groups is 1. The van der Waals surface area contributed by atoms with E-state index in [1.807, 2.05) is 0 Å². The van der Waals surface area contributed by atoms with Gasteiger partial charge in [-0.1, -0.05) is 38.5 Å². The molecule has 0 aliphatic rings. The van der Waals surface area contributed by atoms with Crippen LogP contribution in [0.3, 0.4) is 0 Å². The summed E-state index contributed by atoms with van der Waals surface area (Å²) >= 11 is 0. The molecule has 0 amide bonds. The van der Waals surface area contributed by atoms with Crippen molar-refractivity contribution in [3.63, 3.8) is 0 Å². The fourth-order valence-corrected chi connectivity index (χ4v) is 2.42. The largest absolute Gasteiger partial charge is 0.481 e. The fraction of sp³-hybridized carbons (Fsp3) is 0.889. The highest BCUT2D eigenvalue weighted by atomic mass is 28.3. The Hall–Kier alpha value is -0.313. The van der Waals surface area contributed by atoms with Crippen LogP contribution in [-0.2, 0) is 4.79 Å². The molecule has 0 radical (unpaired) electrons. The predicted molar refractivity (Wildman–Crippen MR) is 54.3 cm³/mol. The minimum Gasteiger partial charge on any atom is -0.481 e. The molecular formula is C9H20O2Si. The van der Waals surface area contributed by atoms with Crippen molar-refractivity contribution in [2.75, 3.05) is 0 Å². The monoisotopic (exact) mass is 188 g/mol. The summed E-state index contributed by atoms with van der Waals surface area (Å²) in [5.74, 6) is -0.664. The third-order valence-corrected chi connectivity index (χ3v) is 3.67. The molecule has 3 heteroatoms. The summed E-state index contributed by atoms with van der Waals surface area (Å²) in [7, 11) is -0.882. The molecule has 0 saturated carbocycles. The molecule has 1 N–H and O–H groups in total. The van der Waals surface area contributed by atoms with Crippen LogP contribution in [0.1, 0.15) is 25.7 Å². The van der Waals surface area contributed by atoms with Gasteiger partial charge in [-0.25, -0.2) is 0 Å². The first kappa shape index (κ1) is 11.7. The Kier molecular flexibility index (Phi) is 5.21. The third-order valence-electron chi connectivity index (χ3n) is 1.82. The van der Waals surface area contributed by atoms with Crippen molar-refractivity contribution in [2.24, 2.45) is 0 Å². The van der Waals surface area contributed by atoms with E-state index in [4.69, 9.17) is 5.11 Å². The van der Waals surface area contributed by atoms with E-state index in [2.05, 4.69) is 19.6 Å². The first-order valence-electron chi connectivity index (χ1n) is 4.63. The molecule has 0 aromatic heterocycles. The summed E-state index contributed by atoms with van der Waals surface area (Å²) in [6, 6.07) is 1.33. The fourth-order valence-electron chi connectivity index (χ4n) is 1.11. The van der Waals surface area contributed by atoms with Crippen LogP contribution in [-0.4, -0.2) is 19.1 Å². The first-order valence-corrected chi connectivity index (χ1v) is 8.34. The second kappa shape index (κ2) is 5.35. The van der Waals surface area contributed by atoms with Crippen LogP contribution in [0.2, 0.25) is 25.7 Å². The van der Waals surface area contributed by atoms with Gasteiger partial charge in [-0.15, -0.1) is 0 Å². The lowest BCUT2D eigenvalue weighted by Gasteiger charge is -2.14.